The number of methoxy groups -OCH3 is 1. The zero-order valence-corrected chi connectivity index (χ0v) is 18.4. The van der Waals surface area contributed by atoms with E-state index in [0.29, 0.717) is 18.2 Å². The molecular weight excluding hydrogens is 412 g/mol. The number of nitrogens with one attached hydrogen (secondary N) is 2. The Balaban J connectivity index is 2.22. The highest BCUT2D eigenvalue weighted by Gasteiger charge is 2.26. The van der Waals surface area contributed by atoms with Gasteiger partial charge in [0.2, 0.25) is 15.9 Å². The topological polar surface area (TPSA) is 84.5 Å². The second-order valence-corrected chi connectivity index (χ2v) is 9.25. The molecule has 0 heterocycles. The number of amides is 1. The number of carbonyl (C=O) groups is 1. The number of hydrogen-bond acceptors (Lipinski definition) is 4. The summed E-state index contributed by atoms with van der Waals surface area (Å²) in [6.45, 7) is 4.60. The van der Waals surface area contributed by atoms with E-state index in [4.69, 9.17) is 16.3 Å². The first-order valence-corrected chi connectivity index (χ1v) is 11.3. The van der Waals surface area contributed by atoms with Crippen molar-refractivity contribution in [2.24, 2.45) is 5.92 Å². The van der Waals surface area contributed by atoms with Gasteiger partial charge in [0, 0.05) is 6.54 Å². The van der Waals surface area contributed by atoms with E-state index in [0.717, 1.165) is 12.0 Å². The molecule has 0 radical (unpaired) electrons. The highest BCUT2D eigenvalue weighted by molar-refractivity contribution is 7.89. The molecule has 6 nitrogen and oxygen atoms in total. The monoisotopic (exact) mass is 438 g/mol. The van der Waals surface area contributed by atoms with Crippen LogP contribution in [0.15, 0.2) is 53.4 Å². The summed E-state index contributed by atoms with van der Waals surface area (Å²) in [5.74, 6) is 0.441. The van der Waals surface area contributed by atoms with Crippen molar-refractivity contribution in [3.05, 3.63) is 59.1 Å². The summed E-state index contributed by atoms with van der Waals surface area (Å²) in [5, 5.41) is 3.00. The minimum atomic E-state index is -3.96. The number of carbonyl (C=O) groups excluding carboxylic acids is 1. The highest BCUT2D eigenvalue weighted by Crippen LogP contribution is 2.27. The first-order chi connectivity index (χ1) is 13.7. The molecule has 1 amide bonds. The smallest absolute Gasteiger partial charge is 0.241 e. The van der Waals surface area contributed by atoms with Crippen LogP contribution in [0.2, 0.25) is 5.02 Å². The molecule has 0 aliphatic heterocycles. The summed E-state index contributed by atoms with van der Waals surface area (Å²) < 4.78 is 33.3. The first kappa shape index (κ1) is 23.2. The lowest BCUT2D eigenvalue weighted by molar-refractivity contribution is -0.122. The van der Waals surface area contributed by atoms with Gasteiger partial charge in [0.1, 0.15) is 11.8 Å². The van der Waals surface area contributed by atoms with Gasteiger partial charge in [-0.1, -0.05) is 55.8 Å². The Morgan fingerprint density at radius 1 is 1.14 bits per heavy atom. The van der Waals surface area contributed by atoms with Crippen molar-refractivity contribution in [3.63, 3.8) is 0 Å². The van der Waals surface area contributed by atoms with Gasteiger partial charge in [0.25, 0.3) is 0 Å². The molecule has 0 fully saturated rings. The van der Waals surface area contributed by atoms with Crippen LogP contribution in [0, 0.1) is 5.92 Å². The van der Waals surface area contributed by atoms with Gasteiger partial charge in [-0.2, -0.15) is 4.72 Å². The van der Waals surface area contributed by atoms with Gasteiger partial charge < -0.3 is 10.1 Å². The minimum Gasteiger partial charge on any atom is -0.495 e. The average Bonchev–Trinajstić information content (AvgIpc) is 2.67. The van der Waals surface area contributed by atoms with Gasteiger partial charge in [-0.15, -0.1) is 0 Å². The molecular formula is C21H27ClN2O4S. The molecule has 0 saturated heterocycles. The van der Waals surface area contributed by atoms with Gasteiger partial charge in [0.05, 0.1) is 17.0 Å². The molecule has 0 aliphatic rings. The van der Waals surface area contributed by atoms with Gasteiger partial charge in [-0.25, -0.2) is 8.42 Å². The molecule has 2 rings (SSSR count). The van der Waals surface area contributed by atoms with E-state index in [2.05, 4.69) is 23.9 Å². The third kappa shape index (κ3) is 7.03. The van der Waals surface area contributed by atoms with Gasteiger partial charge in [-0.3, -0.25) is 4.79 Å². The average molecular weight is 439 g/mol. The Labute approximate surface area is 177 Å². The molecule has 2 aromatic carbocycles. The number of rotatable bonds is 10. The molecule has 1 unspecified atom stereocenters. The number of ether oxygens (including phenoxy) is 1. The fraction of sp³-hybridized carbons (Fsp3) is 0.381. The maximum atomic E-state index is 12.9. The third-order valence-corrected chi connectivity index (χ3v) is 6.12. The Morgan fingerprint density at radius 2 is 1.83 bits per heavy atom. The van der Waals surface area contributed by atoms with Crippen LogP contribution in [0.1, 0.15) is 25.8 Å². The van der Waals surface area contributed by atoms with E-state index in [-0.39, 0.29) is 22.2 Å². The van der Waals surface area contributed by atoms with Crippen LogP contribution < -0.4 is 14.8 Å². The van der Waals surface area contributed by atoms with Crippen LogP contribution in [0.3, 0.4) is 0 Å². The summed E-state index contributed by atoms with van der Waals surface area (Å²) >= 11 is 6.07. The van der Waals surface area contributed by atoms with Crippen molar-refractivity contribution in [1.82, 2.24) is 10.0 Å². The van der Waals surface area contributed by atoms with Gasteiger partial charge >= 0.3 is 0 Å². The van der Waals surface area contributed by atoms with Crippen molar-refractivity contribution < 1.29 is 17.9 Å². The second-order valence-electron chi connectivity index (χ2n) is 7.13. The van der Waals surface area contributed by atoms with E-state index in [1.807, 2.05) is 30.3 Å². The van der Waals surface area contributed by atoms with Gasteiger partial charge in [0.15, 0.2) is 0 Å². The van der Waals surface area contributed by atoms with Crippen LogP contribution >= 0.6 is 11.6 Å². The lowest BCUT2D eigenvalue weighted by atomic mass is 10.1. The summed E-state index contributed by atoms with van der Waals surface area (Å²) in [7, 11) is -2.51. The maximum absolute atomic E-state index is 12.9. The van der Waals surface area contributed by atoms with Crippen molar-refractivity contribution in [1.29, 1.82) is 0 Å². The molecule has 8 heteroatoms. The van der Waals surface area contributed by atoms with E-state index in [1.54, 1.807) is 0 Å². The number of hydrogen-bond donors (Lipinski definition) is 2. The zero-order valence-electron chi connectivity index (χ0n) is 16.8. The molecule has 2 aromatic rings. The van der Waals surface area contributed by atoms with Crippen molar-refractivity contribution >= 4 is 27.5 Å². The minimum absolute atomic E-state index is 0.0312. The summed E-state index contributed by atoms with van der Waals surface area (Å²) in [6.07, 6.45) is 1.04. The number of benzene rings is 2. The lowest BCUT2D eigenvalue weighted by Gasteiger charge is -2.19. The molecule has 0 aromatic heterocycles. The fourth-order valence-corrected chi connectivity index (χ4v) is 4.26. The SMILES string of the molecule is COc1ccc(S(=O)(=O)NC(Cc2ccccc2)C(=O)NCCC(C)C)cc1Cl. The van der Waals surface area contributed by atoms with Crippen LogP contribution in [-0.4, -0.2) is 34.0 Å². The molecule has 0 spiro atoms. The Morgan fingerprint density at radius 3 is 2.41 bits per heavy atom. The Bertz CT molecular complexity index is 918. The van der Waals surface area contributed by atoms with Crippen LogP contribution in [0.4, 0.5) is 0 Å². The Kier molecular flexibility index (Phi) is 8.49. The van der Waals surface area contributed by atoms with Crippen molar-refractivity contribution in [2.75, 3.05) is 13.7 Å². The van der Waals surface area contributed by atoms with E-state index in [9.17, 15) is 13.2 Å². The van der Waals surface area contributed by atoms with Crippen molar-refractivity contribution in [3.8, 4) is 5.75 Å². The summed E-state index contributed by atoms with van der Waals surface area (Å²) in [4.78, 5) is 12.7. The van der Waals surface area contributed by atoms with Crippen molar-refractivity contribution in [2.45, 2.75) is 37.6 Å². The quantitative estimate of drug-likeness (QED) is 0.595. The third-order valence-electron chi connectivity index (χ3n) is 4.35. The van der Waals surface area contributed by atoms with Crippen LogP contribution in [0.5, 0.6) is 5.75 Å². The molecule has 2 N–H and O–H groups in total. The standard InChI is InChI=1S/C21H27ClN2O4S/c1-15(2)11-12-23-21(25)19(13-16-7-5-4-6-8-16)24-29(26,27)17-9-10-20(28-3)18(22)14-17/h4-10,14-15,19,24H,11-13H2,1-3H3,(H,23,25). The number of halogens is 1. The van der Waals surface area contributed by atoms with Gasteiger partial charge in [-0.05, 0) is 42.5 Å². The Hall–Kier alpha value is -2.09. The molecule has 0 bridgehead atoms. The highest BCUT2D eigenvalue weighted by atomic mass is 35.5. The summed E-state index contributed by atoms with van der Waals surface area (Å²) in [6, 6.07) is 12.5. The molecule has 0 saturated carbocycles. The van der Waals surface area contributed by atoms with Crippen LogP contribution in [0.25, 0.3) is 0 Å². The first-order valence-electron chi connectivity index (χ1n) is 9.40. The van der Waals surface area contributed by atoms with Crippen LogP contribution in [-0.2, 0) is 21.2 Å². The predicted octanol–water partition coefficient (Wildman–Crippen LogP) is 3.40. The zero-order chi connectivity index (χ0) is 21.4. The predicted molar refractivity (Wildman–Crippen MR) is 115 cm³/mol. The molecule has 158 valence electrons. The normalized spacial score (nSPS) is 12.6. The molecule has 29 heavy (non-hydrogen) atoms. The van der Waals surface area contributed by atoms with E-state index >= 15 is 0 Å². The lowest BCUT2D eigenvalue weighted by Crippen LogP contribution is -2.48. The summed E-state index contributed by atoms with van der Waals surface area (Å²) in [5.41, 5.74) is 0.854. The number of sulfonamides is 1. The largest absolute Gasteiger partial charge is 0.495 e. The maximum Gasteiger partial charge on any atom is 0.241 e. The fourth-order valence-electron chi connectivity index (χ4n) is 2.71. The molecule has 0 aliphatic carbocycles. The molecule has 1 atom stereocenters. The van der Waals surface area contributed by atoms with E-state index < -0.39 is 16.1 Å². The van der Waals surface area contributed by atoms with E-state index in [1.165, 1.54) is 25.3 Å². The second kappa shape index (κ2) is 10.6.